The van der Waals surface area contributed by atoms with E-state index < -0.39 is 24.0 Å². The summed E-state index contributed by atoms with van der Waals surface area (Å²) in [4.78, 5) is 28.9. The van der Waals surface area contributed by atoms with Crippen LogP contribution < -0.4 is 4.90 Å². The average molecular weight is 394 g/mol. The van der Waals surface area contributed by atoms with Crippen molar-refractivity contribution in [2.24, 2.45) is 5.92 Å². The van der Waals surface area contributed by atoms with Crippen LogP contribution in [-0.2, 0) is 11.3 Å². The van der Waals surface area contributed by atoms with Crippen LogP contribution in [0.4, 0.5) is 20.2 Å². The van der Waals surface area contributed by atoms with Gasteiger partial charge in [0, 0.05) is 31.5 Å². The molecule has 8 nitrogen and oxygen atoms in total. The van der Waals surface area contributed by atoms with Crippen LogP contribution in [-0.4, -0.2) is 33.5 Å². The van der Waals surface area contributed by atoms with Crippen molar-refractivity contribution < 1.29 is 23.2 Å². The van der Waals surface area contributed by atoms with Crippen LogP contribution in [0.2, 0.25) is 0 Å². The second-order valence-electron chi connectivity index (χ2n) is 6.73. The number of nitro benzene ring substituents is 1. The predicted molar refractivity (Wildman–Crippen MR) is 96.3 cm³/mol. The Bertz CT molecular complexity index is 863. The van der Waals surface area contributed by atoms with Gasteiger partial charge < -0.3 is 9.64 Å². The van der Waals surface area contributed by atoms with Gasteiger partial charge in [0.05, 0.1) is 10.5 Å². The van der Waals surface area contributed by atoms with Gasteiger partial charge in [-0.3, -0.25) is 14.7 Å². The molecule has 0 atom stereocenters. The molecule has 1 aromatic carbocycles. The first-order valence-electron chi connectivity index (χ1n) is 8.87. The summed E-state index contributed by atoms with van der Waals surface area (Å²) in [6.07, 6.45) is 4.14. The van der Waals surface area contributed by atoms with Crippen LogP contribution in [0.25, 0.3) is 0 Å². The molecule has 1 aliphatic rings. The highest BCUT2D eigenvalue weighted by atomic mass is 19.3. The Morgan fingerprint density at radius 1 is 1.39 bits per heavy atom. The number of imidazole rings is 1. The molecule has 0 spiro atoms. The van der Waals surface area contributed by atoms with Crippen molar-refractivity contribution in [2.75, 3.05) is 18.0 Å². The van der Waals surface area contributed by atoms with Crippen molar-refractivity contribution in [3.63, 3.8) is 0 Å². The molecule has 2 aromatic rings. The van der Waals surface area contributed by atoms with E-state index in [1.54, 1.807) is 0 Å². The number of carbonyl (C=O) groups excluding carboxylic acids is 1. The van der Waals surface area contributed by atoms with Gasteiger partial charge in [-0.1, -0.05) is 6.92 Å². The number of ether oxygens (including phenoxy) is 1. The molecule has 0 bridgehead atoms. The standard InChI is InChI=1S/C18H20F2N4O4/c1-12-4-7-22(8-5-12)14-3-2-13(10-15(14)24(26)27)17(25)28-11-16-21-6-9-23(16)18(19)20/h2-3,6,9-10,12,18H,4-5,7-8,11H2,1H3. The van der Waals surface area contributed by atoms with Crippen molar-refractivity contribution in [1.82, 2.24) is 9.55 Å². The van der Waals surface area contributed by atoms with Crippen LogP contribution >= 0.6 is 0 Å². The van der Waals surface area contributed by atoms with Gasteiger partial charge in [0.1, 0.15) is 12.3 Å². The van der Waals surface area contributed by atoms with Gasteiger partial charge >= 0.3 is 12.5 Å². The third kappa shape index (κ3) is 4.26. The molecule has 1 aliphatic heterocycles. The number of halogens is 2. The third-order valence-corrected chi connectivity index (χ3v) is 4.82. The molecule has 1 fully saturated rings. The number of rotatable bonds is 6. The zero-order valence-electron chi connectivity index (χ0n) is 15.3. The van der Waals surface area contributed by atoms with Crippen LogP contribution in [0.5, 0.6) is 0 Å². The van der Waals surface area contributed by atoms with Gasteiger partial charge in [0.25, 0.3) is 5.69 Å². The maximum atomic E-state index is 12.8. The topological polar surface area (TPSA) is 90.5 Å². The molecule has 0 aliphatic carbocycles. The fourth-order valence-corrected chi connectivity index (χ4v) is 3.16. The summed E-state index contributed by atoms with van der Waals surface area (Å²) in [6, 6.07) is 4.14. The molecule has 1 saturated heterocycles. The third-order valence-electron chi connectivity index (χ3n) is 4.82. The molecule has 0 unspecified atom stereocenters. The largest absolute Gasteiger partial charge is 0.454 e. The number of hydrogen-bond acceptors (Lipinski definition) is 6. The Kier molecular flexibility index (Phi) is 5.86. The molecule has 0 saturated carbocycles. The Labute approximate surface area is 159 Å². The first kappa shape index (κ1) is 19.7. The van der Waals surface area contributed by atoms with Gasteiger partial charge in [0.2, 0.25) is 0 Å². The Morgan fingerprint density at radius 2 is 2.11 bits per heavy atom. The second kappa shape index (κ2) is 8.32. The molecule has 150 valence electrons. The lowest BCUT2D eigenvalue weighted by molar-refractivity contribution is -0.384. The minimum atomic E-state index is -2.80. The summed E-state index contributed by atoms with van der Waals surface area (Å²) in [5.74, 6) is -0.381. The minimum Gasteiger partial charge on any atom is -0.454 e. The summed E-state index contributed by atoms with van der Waals surface area (Å²) < 4.78 is 31.2. The summed E-state index contributed by atoms with van der Waals surface area (Å²) >= 11 is 0. The highest BCUT2D eigenvalue weighted by molar-refractivity contribution is 5.91. The van der Waals surface area contributed by atoms with Gasteiger partial charge in [-0.15, -0.1) is 0 Å². The van der Waals surface area contributed by atoms with E-state index >= 15 is 0 Å². The SMILES string of the molecule is CC1CCN(c2ccc(C(=O)OCc3nccn3C(F)F)cc2[N+](=O)[O-])CC1. The van der Waals surface area contributed by atoms with Crippen molar-refractivity contribution in [2.45, 2.75) is 32.9 Å². The van der Waals surface area contributed by atoms with E-state index in [4.69, 9.17) is 4.74 Å². The Hall–Kier alpha value is -3.04. The molecule has 3 rings (SSSR count). The first-order chi connectivity index (χ1) is 13.4. The number of carbonyl (C=O) groups is 1. The number of benzene rings is 1. The fourth-order valence-electron chi connectivity index (χ4n) is 3.16. The van der Waals surface area contributed by atoms with Crippen LogP contribution in [0, 0.1) is 16.0 Å². The van der Waals surface area contributed by atoms with Crippen LogP contribution in [0.3, 0.4) is 0 Å². The van der Waals surface area contributed by atoms with E-state index in [2.05, 4.69) is 11.9 Å². The summed E-state index contributed by atoms with van der Waals surface area (Å²) in [5, 5.41) is 11.5. The van der Waals surface area contributed by atoms with Gasteiger partial charge in [-0.2, -0.15) is 8.78 Å². The zero-order valence-corrected chi connectivity index (χ0v) is 15.3. The second-order valence-corrected chi connectivity index (χ2v) is 6.73. The van der Waals surface area contributed by atoms with E-state index in [0.29, 0.717) is 29.3 Å². The highest BCUT2D eigenvalue weighted by Crippen LogP contribution is 2.32. The monoisotopic (exact) mass is 394 g/mol. The normalized spacial score (nSPS) is 15.1. The molecule has 2 heterocycles. The van der Waals surface area contributed by atoms with E-state index in [1.807, 2.05) is 4.90 Å². The number of hydrogen-bond donors (Lipinski definition) is 0. The fraction of sp³-hybridized carbons (Fsp3) is 0.444. The van der Waals surface area contributed by atoms with Crippen molar-refractivity contribution in [3.8, 4) is 0 Å². The number of anilines is 1. The molecule has 10 heteroatoms. The van der Waals surface area contributed by atoms with Gasteiger partial charge in [-0.05, 0) is 30.9 Å². The maximum Gasteiger partial charge on any atom is 0.338 e. The lowest BCUT2D eigenvalue weighted by Gasteiger charge is -2.31. The van der Waals surface area contributed by atoms with Crippen molar-refractivity contribution >= 4 is 17.3 Å². The van der Waals surface area contributed by atoms with Crippen molar-refractivity contribution in [3.05, 3.63) is 52.1 Å². The first-order valence-corrected chi connectivity index (χ1v) is 8.87. The zero-order chi connectivity index (χ0) is 20.3. The number of alkyl halides is 2. The summed E-state index contributed by atoms with van der Waals surface area (Å²) in [6.45, 7) is 0.299. The lowest BCUT2D eigenvalue weighted by Crippen LogP contribution is -2.33. The van der Waals surface area contributed by atoms with Gasteiger partial charge in [0.15, 0.2) is 5.82 Å². The van der Waals surface area contributed by atoms with Gasteiger partial charge in [-0.25, -0.2) is 9.78 Å². The number of nitro groups is 1. The number of nitrogens with zero attached hydrogens (tertiary/aromatic N) is 4. The highest BCUT2D eigenvalue weighted by Gasteiger charge is 2.25. The molecule has 0 N–H and O–H groups in total. The molecule has 0 amide bonds. The molecule has 28 heavy (non-hydrogen) atoms. The lowest BCUT2D eigenvalue weighted by atomic mass is 9.98. The van der Waals surface area contributed by atoms with Crippen molar-refractivity contribution in [1.29, 1.82) is 0 Å². The predicted octanol–water partition coefficient (Wildman–Crippen LogP) is 3.78. The Morgan fingerprint density at radius 3 is 2.75 bits per heavy atom. The Balaban J connectivity index is 1.74. The molecular weight excluding hydrogens is 374 g/mol. The summed E-state index contributed by atoms with van der Waals surface area (Å²) in [5.41, 5.74) is 0.260. The van der Waals surface area contributed by atoms with E-state index in [-0.39, 0.29) is 17.1 Å². The van der Waals surface area contributed by atoms with E-state index in [0.717, 1.165) is 25.1 Å². The van der Waals surface area contributed by atoms with E-state index in [9.17, 15) is 23.7 Å². The summed E-state index contributed by atoms with van der Waals surface area (Å²) in [7, 11) is 0. The van der Waals surface area contributed by atoms with Crippen LogP contribution in [0.15, 0.2) is 30.6 Å². The maximum absolute atomic E-state index is 12.8. The molecular formula is C18H20F2N4O4. The quantitative estimate of drug-likeness (QED) is 0.421. The molecule has 0 radical (unpaired) electrons. The minimum absolute atomic E-state index is 0.0176. The average Bonchev–Trinajstić information content (AvgIpc) is 3.15. The number of piperidine rings is 1. The smallest absolute Gasteiger partial charge is 0.338 e. The van der Waals surface area contributed by atoms with Crippen LogP contribution in [0.1, 0.15) is 42.5 Å². The number of esters is 1. The molecule has 1 aromatic heterocycles. The number of aromatic nitrogens is 2. The van der Waals surface area contributed by atoms with E-state index in [1.165, 1.54) is 18.3 Å².